The number of anilines is 1. The van der Waals surface area contributed by atoms with Gasteiger partial charge >= 0.3 is 0 Å². The summed E-state index contributed by atoms with van der Waals surface area (Å²) in [5, 5.41) is 7.47. The van der Waals surface area contributed by atoms with Crippen LogP contribution in [-0.4, -0.2) is 20.5 Å². The summed E-state index contributed by atoms with van der Waals surface area (Å²) in [6, 6.07) is 5.88. The highest BCUT2D eigenvalue weighted by atomic mass is 19.1. The minimum atomic E-state index is -0.339. The number of carbonyl (C=O) groups excluding carboxylic acids is 1. The van der Waals surface area contributed by atoms with E-state index in [2.05, 4.69) is 22.3 Å². The molecule has 112 valence electrons. The van der Waals surface area contributed by atoms with Gasteiger partial charge in [0.05, 0.1) is 0 Å². The number of hydrogen-bond donors (Lipinski definition) is 1. The van der Waals surface area contributed by atoms with E-state index in [1.807, 2.05) is 0 Å². The highest BCUT2D eigenvalue weighted by Crippen LogP contribution is 2.40. The van der Waals surface area contributed by atoms with Crippen LogP contribution < -0.4 is 5.32 Å². The van der Waals surface area contributed by atoms with Gasteiger partial charge in [0.25, 0.3) is 0 Å². The topological polar surface area (TPSA) is 59.8 Å². The largest absolute Gasteiger partial charge is 0.328 e. The van der Waals surface area contributed by atoms with Crippen LogP contribution in [-0.2, 0) is 4.79 Å². The van der Waals surface area contributed by atoms with E-state index in [-0.39, 0.29) is 17.6 Å². The monoisotopic (exact) mass is 298 g/mol. The maximum absolute atomic E-state index is 13.2. The zero-order chi connectivity index (χ0) is 15.3. The first-order valence-corrected chi connectivity index (χ1v) is 7.31. The van der Waals surface area contributed by atoms with Crippen molar-refractivity contribution in [3.8, 4) is 0 Å². The average Bonchev–Trinajstić information content (AvgIpc) is 2.93. The predicted molar refractivity (Wildman–Crippen MR) is 78.6 cm³/mol. The van der Waals surface area contributed by atoms with Crippen molar-refractivity contribution >= 4 is 11.7 Å². The van der Waals surface area contributed by atoms with Crippen LogP contribution in [0.15, 0.2) is 41.9 Å². The van der Waals surface area contributed by atoms with Crippen molar-refractivity contribution in [3.63, 3.8) is 0 Å². The molecule has 1 aromatic carbocycles. The average molecular weight is 298 g/mol. The molecule has 0 radical (unpaired) electrons. The second kappa shape index (κ2) is 4.76. The van der Waals surface area contributed by atoms with E-state index >= 15 is 0 Å². The Morgan fingerprint density at radius 2 is 2.05 bits per heavy atom. The third-order valence-corrected chi connectivity index (χ3v) is 4.25. The third-order valence-electron chi connectivity index (χ3n) is 4.25. The lowest BCUT2D eigenvalue weighted by atomic mass is 9.81. The van der Waals surface area contributed by atoms with Crippen LogP contribution in [0.4, 0.5) is 10.3 Å². The number of nitrogens with zero attached hydrogens (tertiary/aromatic N) is 3. The Morgan fingerprint density at radius 1 is 1.27 bits per heavy atom. The fourth-order valence-electron chi connectivity index (χ4n) is 3.30. The molecule has 0 spiro atoms. The van der Waals surface area contributed by atoms with Crippen molar-refractivity contribution in [2.75, 3.05) is 5.32 Å². The number of nitrogens with one attached hydrogen (secondary N) is 1. The van der Waals surface area contributed by atoms with Crippen molar-refractivity contribution in [2.24, 2.45) is 5.92 Å². The van der Waals surface area contributed by atoms with E-state index in [0.717, 1.165) is 23.3 Å². The molecule has 2 aromatic rings. The van der Waals surface area contributed by atoms with Gasteiger partial charge in [-0.3, -0.25) is 4.79 Å². The van der Waals surface area contributed by atoms with Gasteiger partial charge < -0.3 is 5.32 Å². The number of halogens is 1. The number of carbonyl (C=O) groups is 1. The zero-order valence-corrected chi connectivity index (χ0v) is 12.1. The molecule has 5 nitrogen and oxygen atoms in total. The van der Waals surface area contributed by atoms with Gasteiger partial charge in [0.2, 0.25) is 5.95 Å². The molecule has 0 amide bonds. The van der Waals surface area contributed by atoms with Gasteiger partial charge in [-0.2, -0.15) is 10.1 Å². The molecule has 22 heavy (non-hydrogen) atoms. The van der Waals surface area contributed by atoms with Gasteiger partial charge in [-0.1, -0.05) is 19.1 Å². The first-order valence-electron chi connectivity index (χ1n) is 7.31. The van der Waals surface area contributed by atoms with E-state index < -0.39 is 0 Å². The first-order chi connectivity index (χ1) is 10.6. The van der Waals surface area contributed by atoms with Gasteiger partial charge in [0.15, 0.2) is 5.78 Å². The molecule has 1 N–H and O–H groups in total. The van der Waals surface area contributed by atoms with Crippen molar-refractivity contribution in [1.82, 2.24) is 14.8 Å². The van der Waals surface area contributed by atoms with Crippen LogP contribution in [0, 0.1) is 11.7 Å². The first kappa shape index (κ1) is 13.2. The molecule has 2 heterocycles. The number of Topliss-reactive ketones (excluding diaryl/α,β-unsaturated/α-hetero) is 1. The third kappa shape index (κ3) is 1.94. The Morgan fingerprint density at radius 3 is 2.82 bits per heavy atom. The van der Waals surface area contributed by atoms with Crippen LogP contribution in [0.2, 0.25) is 0 Å². The molecular formula is C16H15FN4O. The molecule has 2 atom stereocenters. The van der Waals surface area contributed by atoms with Gasteiger partial charge in [0, 0.05) is 17.7 Å². The molecule has 1 aromatic heterocycles. The maximum Gasteiger partial charge on any atom is 0.226 e. The summed E-state index contributed by atoms with van der Waals surface area (Å²) in [5.74, 6) is 0.753. The molecule has 6 heteroatoms. The van der Waals surface area contributed by atoms with Crippen LogP contribution in [0.25, 0.3) is 0 Å². The van der Waals surface area contributed by atoms with Gasteiger partial charge in [0.1, 0.15) is 18.2 Å². The quantitative estimate of drug-likeness (QED) is 0.879. The summed E-state index contributed by atoms with van der Waals surface area (Å²) < 4.78 is 14.9. The summed E-state index contributed by atoms with van der Waals surface area (Å²) in [7, 11) is 0. The van der Waals surface area contributed by atoms with Gasteiger partial charge in [-0.25, -0.2) is 9.07 Å². The number of allylic oxidation sites excluding steroid dienone is 2. The molecule has 0 saturated carbocycles. The summed E-state index contributed by atoms with van der Waals surface area (Å²) in [6.07, 6.45) is 2.80. The minimum absolute atomic E-state index is 0.122. The van der Waals surface area contributed by atoms with E-state index in [9.17, 15) is 9.18 Å². The van der Waals surface area contributed by atoms with Crippen LogP contribution in [0.5, 0.6) is 0 Å². The van der Waals surface area contributed by atoms with Crippen LogP contribution in [0.3, 0.4) is 0 Å². The van der Waals surface area contributed by atoms with Crippen LogP contribution in [0.1, 0.15) is 31.4 Å². The lowest BCUT2D eigenvalue weighted by Gasteiger charge is -2.34. The lowest BCUT2D eigenvalue weighted by molar-refractivity contribution is -0.117. The smallest absolute Gasteiger partial charge is 0.226 e. The SMILES string of the molecule is C[C@H]1CC(=O)C2=C(C1)Nc1ncnn1[C@H]2c1ccc(F)cc1. The number of aromatic nitrogens is 3. The molecule has 0 unspecified atom stereocenters. The van der Waals surface area contributed by atoms with Gasteiger partial charge in [-0.05, 0) is 30.0 Å². The molecule has 2 aliphatic rings. The molecule has 1 aliphatic heterocycles. The number of hydrogen-bond acceptors (Lipinski definition) is 4. The molecule has 4 rings (SSSR count). The summed E-state index contributed by atoms with van der Waals surface area (Å²) >= 11 is 0. The molecule has 1 aliphatic carbocycles. The predicted octanol–water partition coefficient (Wildman–Crippen LogP) is 2.69. The second-order valence-corrected chi connectivity index (χ2v) is 5.94. The second-order valence-electron chi connectivity index (χ2n) is 5.94. The number of rotatable bonds is 1. The van der Waals surface area contributed by atoms with Crippen molar-refractivity contribution in [2.45, 2.75) is 25.8 Å². The van der Waals surface area contributed by atoms with E-state index in [1.54, 1.807) is 16.8 Å². The fourth-order valence-corrected chi connectivity index (χ4v) is 3.30. The molecule has 0 fully saturated rings. The molecular weight excluding hydrogens is 283 g/mol. The van der Waals surface area contributed by atoms with E-state index in [4.69, 9.17) is 0 Å². The van der Waals surface area contributed by atoms with Crippen molar-refractivity contribution in [1.29, 1.82) is 0 Å². The standard InChI is InChI=1S/C16H15FN4O/c1-9-6-12-14(13(22)7-9)15(10-2-4-11(17)5-3-10)21-16(20-12)18-8-19-21/h2-5,8-9,15H,6-7H2,1H3,(H,18,19,20)/t9-,15+/m1/s1. The summed E-state index contributed by atoms with van der Waals surface area (Å²) in [5.41, 5.74) is 2.48. The molecule has 0 saturated heterocycles. The zero-order valence-electron chi connectivity index (χ0n) is 12.1. The van der Waals surface area contributed by atoms with Gasteiger partial charge in [-0.15, -0.1) is 0 Å². The summed E-state index contributed by atoms with van der Waals surface area (Å²) in [6.45, 7) is 2.07. The summed E-state index contributed by atoms with van der Waals surface area (Å²) in [4.78, 5) is 16.8. The Kier molecular flexibility index (Phi) is 2.85. The number of fused-ring (bicyclic) bond motifs is 1. The Bertz CT molecular complexity index is 778. The number of benzene rings is 1. The van der Waals surface area contributed by atoms with E-state index in [0.29, 0.717) is 18.3 Å². The highest BCUT2D eigenvalue weighted by molar-refractivity contribution is 5.99. The highest BCUT2D eigenvalue weighted by Gasteiger charge is 2.37. The Balaban J connectivity index is 1.89. The van der Waals surface area contributed by atoms with E-state index in [1.165, 1.54) is 18.5 Å². The lowest BCUT2D eigenvalue weighted by Crippen LogP contribution is -2.33. The number of ketones is 1. The van der Waals surface area contributed by atoms with Crippen molar-refractivity contribution in [3.05, 3.63) is 53.2 Å². The Hall–Kier alpha value is -2.50. The maximum atomic E-state index is 13.2. The van der Waals surface area contributed by atoms with Crippen LogP contribution >= 0.6 is 0 Å². The Labute approximate surface area is 126 Å². The minimum Gasteiger partial charge on any atom is -0.328 e. The van der Waals surface area contributed by atoms with Crippen molar-refractivity contribution < 1.29 is 9.18 Å². The normalized spacial score (nSPS) is 23.8. The molecule has 0 bridgehead atoms. The fraction of sp³-hybridized carbons (Fsp3) is 0.312.